The van der Waals surface area contributed by atoms with E-state index in [1.54, 1.807) is 0 Å². The maximum Gasteiger partial charge on any atom is -0.0357 e. The van der Waals surface area contributed by atoms with E-state index >= 15 is 0 Å². The van der Waals surface area contributed by atoms with Crippen LogP contribution in [0.25, 0.3) is 0 Å². The van der Waals surface area contributed by atoms with Crippen LogP contribution in [-0.4, -0.2) is 0 Å². The standard InChI is InChI=1S/C19H36/c1-12-8-7-9-18(15(12)4)17(6)19-11-10-13(2)14(3)16(19)5/h12-19H,7-11H2,1-6H3. The van der Waals surface area contributed by atoms with Crippen molar-refractivity contribution in [2.45, 2.75) is 73.6 Å². The Labute approximate surface area is 121 Å². The van der Waals surface area contributed by atoms with Crippen molar-refractivity contribution >= 4 is 0 Å². The Balaban J connectivity index is 2.04. The molecule has 112 valence electrons. The highest BCUT2D eigenvalue weighted by atomic mass is 14.5. The van der Waals surface area contributed by atoms with Crippen LogP contribution in [-0.2, 0) is 0 Å². The first-order chi connectivity index (χ1) is 8.93. The normalized spacial score (nSPS) is 49.9. The highest BCUT2D eigenvalue weighted by Gasteiger charge is 2.40. The van der Waals surface area contributed by atoms with Crippen LogP contribution in [0.15, 0.2) is 0 Å². The summed E-state index contributed by atoms with van der Waals surface area (Å²) in [6.45, 7) is 15.1. The van der Waals surface area contributed by atoms with Crippen molar-refractivity contribution in [3.05, 3.63) is 0 Å². The van der Waals surface area contributed by atoms with Crippen LogP contribution in [0.2, 0.25) is 0 Å². The lowest BCUT2D eigenvalue weighted by molar-refractivity contribution is 0.0253. The Morgan fingerprint density at radius 3 is 1.89 bits per heavy atom. The summed E-state index contributed by atoms with van der Waals surface area (Å²) in [7, 11) is 0. The summed E-state index contributed by atoms with van der Waals surface area (Å²) in [5.41, 5.74) is 0. The van der Waals surface area contributed by atoms with Crippen molar-refractivity contribution in [2.75, 3.05) is 0 Å². The summed E-state index contributed by atoms with van der Waals surface area (Å²) < 4.78 is 0. The average molecular weight is 264 g/mol. The van der Waals surface area contributed by atoms with Gasteiger partial charge in [0.2, 0.25) is 0 Å². The lowest BCUT2D eigenvalue weighted by Crippen LogP contribution is -2.39. The molecule has 0 aromatic heterocycles. The summed E-state index contributed by atoms with van der Waals surface area (Å²) in [6.07, 6.45) is 7.41. The van der Waals surface area contributed by atoms with E-state index in [1.165, 1.54) is 32.1 Å². The molecule has 2 aliphatic carbocycles. The van der Waals surface area contributed by atoms with Crippen LogP contribution >= 0.6 is 0 Å². The molecule has 0 bridgehead atoms. The maximum atomic E-state index is 2.59. The van der Waals surface area contributed by atoms with Crippen molar-refractivity contribution in [3.8, 4) is 0 Å². The van der Waals surface area contributed by atoms with Gasteiger partial charge < -0.3 is 0 Å². The molecule has 0 aromatic carbocycles. The largest absolute Gasteiger partial charge is 0.0622 e. The second-order valence-electron chi connectivity index (χ2n) is 8.23. The summed E-state index contributed by atoms with van der Waals surface area (Å²) in [4.78, 5) is 0. The second-order valence-corrected chi connectivity index (χ2v) is 8.23. The lowest BCUT2D eigenvalue weighted by Gasteiger charge is -2.47. The van der Waals surface area contributed by atoms with Crippen LogP contribution in [0.3, 0.4) is 0 Å². The molecular formula is C19H36. The van der Waals surface area contributed by atoms with E-state index in [4.69, 9.17) is 0 Å². The summed E-state index contributed by atoms with van der Waals surface area (Å²) >= 11 is 0. The van der Waals surface area contributed by atoms with Gasteiger partial charge >= 0.3 is 0 Å². The lowest BCUT2D eigenvalue weighted by atomic mass is 9.59. The van der Waals surface area contributed by atoms with Gasteiger partial charge in [0.05, 0.1) is 0 Å². The van der Waals surface area contributed by atoms with Crippen molar-refractivity contribution in [1.29, 1.82) is 0 Å². The fourth-order valence-electron chi connectivity index (χ4n) is 5.31. The van der Waals surface area contributed by atoms with Crippen molar-refractivity contribution in [1.82, 2.24) is 0 Å². The fourth-order valence-corrected chi connectivity index (χ4v) is 5.31. The third-order valence-corrected chi connectivity index (χ3v) is 7.48. The van der Waals surface area contributed by atoms with Gasteiger partial charge in [-0.15, -0.1) is 0 Å². The Kier molecular flexibility index (Phi) is 5.01. The zero-order chi connectivity index (χ0) is 14.2. The van der Waals surface area contributed by atoms with Gasteiger partial charge in [-0.1, -0.05) is 60.8 Å². The van der Waals surface area contributed by atoms with E-state index in [2.05, 4.69) is 41.5 Å². The molecule has 0 radical (unpaired) electrons. The topological polar surface area (TPSA) is 0 Å². The van der Waals surface area contributed by atoms with Crippen LogP contribution in [0.4, 0.5) is 0 Å². The SMILES string of the molecule is CC1CCC(C(C)C2CCCC(C)C2C)C(C)C1C. The Bertz CT molecular complexity index is 282. The molecular weight excluding hydrogens is 228 g/mol. The zero-order valence-corrected chi connectivity index (χ0v) is 14.2. The summed E-state index contributed by atoms with van der Waals surface area (Å²) in [5, 5.41) is 0. The molecule has 0 heterocycles. The predicted octanol–water partition coefficient (Wildman–Crippen LogP) is 6.01. The Hall–Kier alpha value is 0. The molecule has 0 saturated heterocycles. The number of hydrogen-bond acceptors (Lipinski definition) is 0. The summed E-state index contributed by atoms with van der Waals surface area (Å²) in [6, 6.07) is 0. The van der Waals surface area contributed by atoms with Crippen LogP contribution in [0.5, 0.6) is 0 Å². The maximum absolute atomic E-state index is 2.59. The molecule has 8 unspecified atom stereocenters. The molecule has 0 aliphatic heterocycles. The van der Waals surface area contributed by atoms with Gasteiger partial charge in [0.25, 0.3) is 0 Å². The highest BCUT2D eigenvalue weighted by molar-refractivity contribution is 4.89. The van der Waals surface area contributed by atoms with Crippen molar-refractivity contribution in [2.24, 2.45) is 47.3 Å². The van der Waals surface area contributed by atoms with Gasteiger partial charge in [0.1, 0.15) is 0 Å². The summed E-state index contributed by atoms with van der Waals surface area (Å²) in [5.74, 6) is 7.65. The first-order valence-corrected chi connectivity index (χ1v) is 8.93. The molecule has 0 N–H and O–H groups in total. The Morgan fingerprint density at radius 2 is 1.21 bits per heavy atom. The molecule has 8 atom stereocenters. The van der Waals surface area contributed by atoms with Gasteiger partial charge in [0, 0.05) is 0 Å². The van der Waals surface area contributed by atoms with E-state index in [1.807, 2.05) is 0 Å². The van der Waals surface area contributed by atoms with Gasteiger partial charge in [0.15, 0.2) is 0 Å². The van der Waals surface area contributed by atoms with E-state index in [9.17, 15) is 0 Å². The molecule has 0 spiro atoms. The van der Waals surface area contributed by atoms with Gasteiger partial charge in [-0.25, -0.2) is 0 Å². The minimum atomic E-state index is 0.928. The first kappa shape index (κ1) is 15.4. The number of rotatable bonds is 2. The van der Waals surface area contributed by atoms with Crippen LogP contribution in [0, 0.1) is 47.3 Å². The average Bonchev–Trinajstić information content (AvgIpc) is 2.39. The van der Waals surface area contributed by atoms with Crippen molar-refractivity contribution < 1.29 is 0 Å². The zero-order valence-electron chi connectivity index (χ0n) is 14.2. The third kappa shape index (κ3) is 3.03. The van der Waals surface area contributed by atoms with E-state index in [0.717, 1.165) is 47.3 Å². The first-order valence-electron chi connectivity index (χ1n) is 8.93. The smallest absolute Gasteiger partial charge is 0.0357 e. The third-order valence-electron chi connectivity index (χ3n) is 7.48. The molecule has 19 heavy (non-hydrogen) atoms. The van der Waals surface area contributed by atoms with Crippen LogP contribution < -0.4 is 0 Å². The van der Waals surface area contributed by atoms with Gasteiger partial charge in [-0.05, 0) is 60.2 Å². The highest BCUT2D eigenvalue weighted by Crippen LogP contribution is 2.48. The quantitative estimate of drug-likeness (QED) is 0.572. The predicted molar refractivity (Wildman–Crippen MR) is 85.0 cm³/mol. The fraction of sp³-hybridized carbons (Fsp3) is 1.00. The molecule has 0 amide bonds. The van der Waals surface area contributed by atoms with Gasteiger partial charge in [-0.2, -0.15) is 0 Å². The second kappa shape index (κ2) is 6.19. The number of hydrogen-bond donors (Lipinski definition) is 0. The molecule has 2 aliphatic rings. The monoisotopic (exact) mass is 264 g/mol. The molecule has 2 saturated carbocycles. The van der Waals surface area contributed by atoms with Crippen LogP contribution in [0.1, 0.15) is 73.6 Å². The van der Waals surface area contributed by atoms with E-state index in [-0.39, 0.29) is 0 Å². The Morgan fingerprint density at radius 1 is 0.632 bits per heavy atom. The minimum absolute atomic E-state index is 0.928. The van der Waals surface area contributed by atoms with Crippen molar-refractivity contribution in [3.63, 3.8) is 0 Å². The molecule has 0 aromatic rings. The van der Waals surface area contributed by atoms with E-state index in [0.29, 0.717) is 0 Å². The van der Waals surface area contributed by atoms with Gasteiger partial charge in [-0.3, -0.25) is 0 Å². The molecule has 0 heteroatoms. The molecule has 2 fully saturated rings. The van der Waals surface area contributed by atoms with E-state index < -0.39 is 0 Å². The molecule has 0 nitrogen and oxygen atoms in total. The molecule has 2 rings (SSSR count). The minimum Gasteiger partial charge on any atom is -0.0622 e.